The summed E-state index contributed by atoms with van der Waals surface area (Å²) in [7, 11) is 0. The van der Waals surface area contributed by atoms with E-state index in [4.69, 9.17) is 16.0 Å². The van der Waals surface area contributed by atoms with Crippen LogP contribution in [-0.4, -0.2) is 10.9 Å². The van der Waals surface area contributed by atoms with Crippen molar-refractivity contribution in [2.75, 3.05) is 5.43 Å². The van der Waals surface area contributed by atoms with E-state index in [-0.39, 0.29) is 11.6 Å². The van der Waals surface area contributed by atoms with E-state index in [0.717, 1.165) is 11.1 Å². The molecule has 0 unspecified atom stereocenters. The van der Waals surface area contributed by atoms with E-state index in [1.165, 1.54) is 0 Å². The Morgan fingerprint density at radius 1 is 1.35 bits per heavy atom. The second-order valence-corrected chi connectivity index (χ2v) is 3.57. The van der Waals surface area contributed by atoms with Gasteiger partial charge in [0, 0.05) is 5.56 Å². The molecule has 2 aromatic rings. The summed E-state index contributed by atoms with van der Waals surface area (Å²) in [4.78, 5) is 15.1. The van der Waals surface area contributed by atoms with Gasteiger partial charge in [-0.05, 0) is 19.1 Å². The van der Waals surface area contributed by atoms with E-state index in [1.807, 2.05) is 31.2 Å². The molecule has 17 heavy (non-hydrogen) atoms. The van der Waals surface area contributed by atoms with Gasteiger partial charge in [-0.15, -0.1) is 0 Å². The van der Waals surface area contributed by atoms with Crippen molar-refractivity contribution >= 4 is 11.8 Å². The topological polar surface area (TPSA) is 107 Å². The number of benzene rings is 1. The van der Waals surface area contributed by atoms with Crippen LogP contribution in [0.4, 0.5) is 5.88 Å². The van der Waals surface area contributed by atoms with Crippen molar-refractivity contribution in [2.45, 2.75) is 6.92 Å². The van der Waals surface area contributed by atoms with Gasteiger partial charge in [0.1, 0.15) is 0 Å². The van der Waals surface area contributed by atoms with Crippen LogP contribution in [0.2, 0.25) is 0 Å². The van der Waals surface area contributed by atoms with Crippen molar-refractivity contribution < 1.29 is 9.21 Å². The number of oxazole rings is 1. The minimum absolute atomic E-state index is 0.0110. The second kappa shape index (κ2) is 4.26. The van der Waals surface area contributed by atoms with Crippen LogP contribution in [0, 0.1) is 6.92 Å². The number of hydrogen-bond donors (Lipinski definition) is 3. The third-order valence-corrected chi connectivity index (χ3v) is 2.29. The number of carbonyl (C=O) groups is 1. The van der Waals surface area contributed by atoms with Gasteiger partial charge in [-0.25, -0.2) is 10.8 Å². The molecule has 0 aliphatic heterocycles. The maximum atomic E-state index is 11.1. The predicted octanol–water partition coefficient (Wildman–Crippen LogP) is 1.03. The van der Waals surface area contributed by atoms with Gasteiger partial charge in [0.05, 0.1) is 0 Å². The van der Waals surface area contributed by atoms with Crippen LogP contribution in [0.15, 0.2) is 28.7 Å². The van der Waals surface area contributed by atoms with Gasteiger partial charge < -0.3 is 10.2 Å². The molecule has 1 aromatic heterocycles. The van der Waals surface area contributed by atoms with Crippen molar-refractivity contribution in [1.29, 1.82) is 0 Å². The normalized spacial score (nSPS) is 10.2. The van der Waals surface area contributed by atoms with Crippen LogP contribution < -0.4 is 17.0 Å². The fraction of sp³-hybridized carbons (Fsp3) is 0.0909. The average Bonchev–Trinajstić information content (AvgIpc) is 2.74. The Morgan fingerprint density at radius 2 is 2.00 bits per heavy atom. The molecule has 1 heterocycles. The van der Waals surface area contributed by atoms with Crippen molar-refractivity contribution in [3.63, 3.8) is 0 Å². The number of hydrogen-bond acceptors (Lipinski definition) is 5. The Balaban J connectivity index is 2.46. The van der Waals surface area contributed by atoms with E-state index in [1.54, 1.807) is 0 Å². The first-order chi connectivity index (χ1) is 8.11. The van der Waals surface area contributed by atoms with E-state index in [9.17, 15) is 4.79 Å². The third kappa shape index (κ3) is 2.11. The smallest absolute Gasteiger partial charge is 0.273 e. The standard InChI is InChI=1S/C11H12N4O2/c1-6-2-4-7(5-3-6)10-14-8(9(12)16)11(15-13)17-10/h2-5,15H,13H2,1H3,(H2,12,16). The van der Waals surface area contributed by atoms with Crippen LogP contribution >= 0.6 is 0 Å². The number of aromatic nitrogens is 1. The molecule has 0 saturated carbocycles. The molecule has 0 aliphatic rings. The lowest BCUT2D eigenvalue weighted by Crippen LogP contribution is -2.16. The number of aryl methyl sites for hydroxylation is 1. The first-order valence-corrected chi connectivity index (χ1v) is 4.96. The van der Waals surface area contributed by atoms with E-state index >= 15 is 0 Å². The van der Waals surface area contributed by atoms with Crippen molar-refractivity contribution in [3.8, 4) is 11.5 Å². The summed E-state index contributed by atoms with van der Waals surface area (Å²) < 4.78 is 5.30. The van der Waals surface area contributed by atoms with Crippen molar-refractivity contribution in [3.05, 3.63) is 35.5 Å². The molecule has 88 valence electrons. The molecule has 0 aliphatic carbocycles. The molecule has 5 N–H and O–H groups in total. The van der Waals surface area contributed by atoms with Gasteiger partial charge in [0.2, 0.25) is 11.8 Å². The molecule has 0 radical (unpaired) electrons. The number of primary amides is 1. The summed E-state index contributed by atoms with van der Waals surface area (Å²) in [5.41, 5.74) is 9.25. The Labute approximate surface area is 97.6 Å². The number of nitrogens with one attached hydrogen (secondary N) is 1. The predicted molar refractivity (Wildman–Crippen MR) is 63.0 cm³/mol. The van der Waals surface area contributed by atoms with E-state index < -0.39 is 5.91 Å². The quantitative estimate of drug-likeness (QED) is 0.541. The molecule has 6 nitrogen and oxygen atoms in total. The highest BCUT2D eigenvalue weighted by Gasteiger charge is 2.17. The van der Waals surface area contributed by atoms with Crippen LogP contribution in [-0.2, 0) is 0 Å². The summed E-state index contributed by atoms with van der Waals surface area (Å²) in [6.07, 6.45) is 0. The molecular weight excluding hydrogens is 220 g/mol. The van der Waals surface area contributed by atoms with Crippen molar-refractivity contribution in [2.24, 2.45) is 11.6 Å². The summed E-state index contributed by atoms with van der Waals surface area (Å²) in [6.45, 7) is 1.97. The molecule has 0 fully saturated rings. The first kappa shape index (κ1) is 11.2. The molecule has 0 atom stereocenters. The van der Waals surface area contributed by atoms with E-state index in [2.05, 4.69) is 10.4 Å². The number of anilines is 1. The minimum Gasteiger partial charge on any atom is -0.418 e. The Kier molecular flexibility index (Phi) is 2.80. The van der Waals surface area contributed by atoms with Crippen LogP contribution in [0.1, 0.15) is 16.1 Å². The molecule has 1 aromatic carbocycles. The lowest BCUT2D eigenvalue weighted by molar-refractivity contribution is 0.0996. The monoisotopic (exact) mass is 232 g/mol. The maximum absolute atomic E-state index is 11.1. The van der Waals surface area contributed by atoms with Gasteiger partial charge in [-0.3, -0.25) is 10.2 Å². The molecule has 1 amide bonds. The molecule has 0 bridgehead atoms. The summed E-state index contributed by atoms with van der Waals surface area (Å²) in [5.74, 6) is 4.88. The average molecular weight is 232 g/mol. The first-order valence-electron chi connectivity index (χ1n) is 4.96. The van der Waals surface area contributed by atoms with Gasteiger partial charge in [-0.2, -0.15) is 0 Å². The van der Waals surface area contributed by atoms with E-state index in [0.29, 0.717) is 5.89 Å². The fourth-order valence-corrected chi connectivity index (χ4v) is 1.40. The minimum atomic E-state index is -0.694. The number of rotatable bonds is 3. The summed E-state index contributed by atoms with van der Waals surface area (Å²) in [6, 6.07) is 7.51. The van der Waals surface area contributed by atoms with Gasteiger partial charge >= 0.3 is 0 Å². The van der Waals surface area contributed by atoms with Crippen LogP contribution in [0.3, 0.4) is 0 Å². The van der Waals surface area contributed by atoms with Crippen LogP contribution in [0.25, 0.3) is 11.5 Å². The number of hydrazine groups is 1. The Hall–Kier alpha value is -2.34. The molecule has 0 spiro atoms. The molecular formula is C11H12N4O2. The Bertz CT molecular complexity index is 545. The number of amides is 1. The van der Waals surface area contributed by atoms with Gasteiger partial charge in [-0.1, -0.05) is 17.7 Å². The lowest BCUT2D eigenvalue weighted by atomic mass is 10.1. The Morgan fingerprint density at radius 3 is 2.47 bits per heavy atom. The number of nitrogens with zero attached hydrogens (tertiary/aromatic N) is 1. The molecule has 0 saturated heterocycles. The maximum Gasteiger partial charge on any atom is 0.273 e. The highest BCUT2D eigenvalue weighted by molar-refractivity contribution is 5.95. The zero-order valence-corrected chi connectivity index (χ0v) is 9.23. The highest BCUT2D eigenvalue weighted by Crippen LogP contribution is 2.24. The zero-order valence-electron chi connectivity index (χ0n) is 9.23. The SMILES string of the molecule is Cc1ccc(-c2nc(C(N)=O)c(NN)o2)cc1. The van der Waals surface area contributed by atoms with Gasteiger partial charge in [0.15, 0.2) is 5.69 Å². The lowest BCUT2D eigenvalue weighted by Gasteiger charge is -1.96. The van der Waals surface area contributed by atoms with Gasteiger partial charge in [0.25, 0.3) is 5.91 Å². The number of nitrogens with two attached hydrogens (primary N) is 2. The highest BCUT2D eigenvalue weighted by atomic mass is 16.4. The summed E-state index contributed by atoms with van der Waals surface area (Å²) in [5, 5.41) is 0. The van der Waals surface area contributed by atoms with Crippen molar-refractivity contribution in [1.82, 2.24) is 4.98 Å². The molecule has 6 heteroatoms. The second-order valence-electron chi connectivity index (χ2n) is 3.57. The van der Waals surface area contributed by atoms with Crippen LogP contribution in [0.5, 0.6) is 0 Å². The summed E-state index contributed by atoms with van der Waals surface area (Å²) >= 11 is 0. The zero-order chi connectivity index (χ0) is 12.4. The fourth-order valence-electron chi connectivity index (χ4n) is 1.40. The largest absolute Gasteiger partial charge is 0.418 e. The third-order valence-electron chi connectivity index (χ3n) is 2.29. The number of carbonyl (C=O) groups excluding carboxylic acids is 1. The number of nitrogen functional groups attached to an aromatic ring is 1. The molecule has 2 rings (SSSR count).